The zero-order chi connectivity index (χ0) is 14.0. The Kier molecular flexibility index (Phi) is 4.39. The summed E-state index contributed by atoms with van der Waals surface area (Å²) in [7, 11) is 0. The quantitative estimate of drug-likeness (QED) is 0.683. The fraction of sp³-hybridized carbons (Fsp3) is 0.538. The van der Waals surface area contributed by atoms with Crippen LogP contribution < -0.4 is 5.73 Å². The molecule has 0 aromatic heterocycles. The Labute approximate surface area is 117 Å². The molecule has 1 heterocycles. The van der Waals surface area contributed by atoms with Gasteiger partial charge in [-0.25, -0.2) is 0 Å². The molecule has 6 heteroatoms. The number of nitro benzene ring substituents is 1. The molecule has 1 aliphatic heterocycles. The van der Waals surface area contributed by atoms with E-state index in [4.69, 9.17) is 17.3 Å². The van der Waals surface area contributed by atoms with Gasteiger partial charge in [0.15, 0.2) is 0 Å². The van der Waals surface area contributed by atoms with Gasteiger partial charge < -0.3 is 5.73 Å². The van der Waals surface area contributed by atoms with Gasteiger partial charge in [-0.05, 0) is 31.9 Å². The van der Waals surface area contributed by atoms with E-state index < -0.39 is 0 Å². The van der Waals surface area contributed by atoms with Crippen molar-refractivity contribution in [3.8, 4) is 0 Å². The molecule has 2 unspecified atom stereocenters. The fourth-order valence-corrected chi connectivity index (χ4v) is 2.76. The number of rotatable bonds is 3. The van der Waals surface area contributed by atoms with Crippen LogP contribution in [0.4, 0.5) is 5.69 Å². The number of piperidine rings is 1. The second-order valence-electron chi connectivity index (χ2n) is 5.13. The first-order valence-electron chi connectivity index (χ1n) is 6.40. The summed E-state index contributed by atoms with van der Waals surface area (Å²) in [5.41, 5.74) is 6.72. The lowest BCUT2D eigenvalue weighted by Gasteiger charge is -2.36. The van der Waals surface area contributed by atoms with Gasteiger partial charge in [0, 0.05) is 41.8 Å². The van der Waals surface area contributed by atoms with Crippen LogP contribution in [0.15, 0.2) is 18.2 Å². The van der Waals surface area contributed by atoms with Crippen molar-refractivity contribution in [2.45, 2.75) is 38.4 Å². The third-order valence-corrected chi connectivity index (χ3v) is 3.90. The Bertz CT molecular complexity index is 481. The summed E-state index contributed by atoms with van der Waals surface area (Å²) < 4.78 is 0. The molecule has 0 saturated carbocycles. The highest BCUT2D eigenvalue weighted by Gasteiger charge is 2.25. The van der Waals surface area contributed by atoms with E-state index in [0.29, 0.717) is 23.2 Å². The van der Waals surface area contributed by atoms with Crippen molar-refractivity contribution in [2.75, 3.05) is 6.54 Å². The van der Waals surface area contributed by atoms with Crippen LogP contribution >= 0.6 is 11.6 Å². The molecule has 1 aromatic carbocycles. The predicted molar refractivity (Wildman–Crippen MR) is 75.2 cm³/mol. The molecule has 2 atom stereocenters. The lowest BCUT2D eigenvalue weighted by molar-refractivity contribution is -0.385. The Morgan fingerprint density at radius 3 is 2.95 bits per heavy atom. The Hall–Kier alpha value is -1.17. The summed E-state index contributed by atoms with van der Waals surface area (Å²) in [6, 6.07) is 5.28. The van der Waals surface area contributed by atoms with E-state index in [2.05, 4.69) is 11.8 Å². The minimum absolute atomic E-state index is 0.131. The first kappa shape index (κ1) is 14.2. The number of hydrogen-bond donors (Lipinski definition) is 1. The summed E-state index contributed by atoms with van der Waals surface area (Å²) in [6.07, 6.45) is 1.85. The Balaban J connectivity index is 2.18. The molecule has 1 aliphatic rings. The molecule has 0 bridgehead atoms. The van der Waals surface area contributed by atoms with E-state index in [1.807, 2.05) is 0 Å². The van der Waals surface area contributed by atoms with Crippen molar-refractivity contribution in [3.63, 3.8) is 0 Å². The zero-order valence-corrected chi connectivity index (χ0v) is 11.6. The molecule has 19 heavy (non-hydrogen) atoms. The first-order valence-corrected chi connectivity index (χ1v) is 6.77. The molecule has 1 saturated heterocycles. The molecule has 5 nitrogen and oxygen atoms in total. The van der Waals surface area contributed by atoms with Crippen LogP contribution in [0.25, 0.3) is 0 Å². The molecule has 2 rings (SSSR count). The van der Waals surface area contributed by atoms with Gasteiger partial charge in [0.1, 0.15) is 0 Å². The minimum atomic E-state index is -0.355. The van der Waals surface area contributed by atoms with Crippen LogP contribution in [-0.4, -0.2) is 28.5 Å². The third kappa shape index (κ3) is 3.43. The van der Waals surface area contributed by atoms with Gasteiger partial charge in [0.05, 0.1) is 4.92 Å². The van der Waals surface area contributed by atoms with Gasteiger partial charge in [0.2, 0.25) is 0 Å². The molecule has 0 radical (unpaired) electrons. The third-order valence-electron chi connectivity index (χ3n) is 3.67. The lowest BCUT2D eigenvalue weighted by atomic mass is 9.98. The van der Waals surface area contributed by atoms with Crippen molar-refractivity contribution in [2.24, 2.45) is 5.73 Å². The molecule has 0 amide bonds. The topological polar surface area (TPSA) is 72.4 Å². The van der Waals surface area contributed by atoms with Crippen molar-refractivity contribution in [3.05, 3.63) is 38.9 Å². The number of hydrogen-bond acceptors (Lipinski definition) is 4. The van der Waals surface area contributed by atoms with Gasteiger partial charge in [-0.1, -0.05) is 11.6 Å². The number of halogens is 1. The molecule has 1 fully saturated rings. The molecular formula is C13H18ClN3O2. The van der Waals surface area contributed by atoms with Crippen molar-refractivity contribution in [1.82, 2.24) is 4.90 Å². The van der Waals surface area contributed by atoms with Crippen LogP contribution in [0.1, 0.15) is 25.3 Å². The molecule has 0 aliphatic carbocycles. The highest BCUT2D eigenvalue weighted by Crippen LogP contribution is 2.26. The van der Waals surface area contributed by atoms with E-state index >= 15 is 0 Å². The lowest BCUT2D eigenvalue weighted by Crippen LogP contribution is -2.45. The maximum Gasteiger partial charge on any atom is 0.273 e. The number of nitrogens with zero attached hydrogens (tertiary/aromatic N) is 2. The average molecular weight is 284 g/mol. The van der Waals surface area contributed by atoms with Crippen LogP contribution in [0.3, 0.4) is 0 Å². The second-order valence-corrected chi connectivity index (χ2v) is 5.57. The fourth-order valence-electron chi connectivity index (χ4n) is 2.57. The minimum Gasteiger partial charge on any atom is -0.328 e. The predicted octanol–water partition coefficient (Wildman–Crippen LogP) is 2.56. The number of nitrogens with two attached hydrogens (primary N) is 1. The number of likely N-dealkylation sites (tertiary alicyclic amines) is 1. The monoisotopic (exact) mass is 283 g/mol. The summed E-state index contributed by atoms with van der Waals surface area (Å²) in [6.45, 7) is 3.52. The SMILES string of the molecule is CC1CC(N)CCN1Cc1cc(Cl)ccc1[N+](=O)[O-]. The molecule has 0 spiro atoms. The van der Waals surface area contributed by atoms with Crippen molar-refractivity contribution >= 4 is 17.3 Å². The van der Waals surface area contributed by atoms with Gasteiger partial charge in [-0.15, -0.1) is 0 Å². The van der Waals surface area contributed by atoms with Gasteiger partial charge in [-0.2, -0.15) is 0 Å². The summed E-state index contributed by atoms with van der Waals surface area (Å²) >= 11 is 5.94. The van der Waals surface area contributed by atoms with Gasteiger partial charge >= 0.3 is 0 Å². The smallest absolute Gasteiger partial charge is 0.273 e. The van der Waals surface area contributed by atoms with Gasteiger partial charge in [-0.3, -0.25) is 15.0 Å². The van der Waals surface area contributed by atoms with Crippen molar-refractivity contribution < 1.29 is 4.92 Å². The Morgan fingerprint density at radius 1 is 1.58 bits per heavy atom. The normalized spacial score (nSPS) is 24.4. The van der Waals surface area contributed by atoms with Crippen LogP contribution in [0.2, 0.25) is 5.02 Å². The van der Waals surface area contributed by atoms with E-state index in [0.717, 1.165) is 19.4 Å². The summed E-state index contributed by atoms with van der Waals surface area (Å²) in [4.78, 5) is 12.9. The standard InChI is InChI=1S/C13H18ClN3O2/c1-9-6-12(15)4-5-16(9)8-10-7-11(14)2-3-13(10)17(18)19/h2-3,7,9,12H,4-6,8,15H2,1H3. The molecule has 2 N–H and O–H groups in total. The Morgan fingerprint density at radius 2 is 2.32 bits per heavy atom. The first-order chi connectivity index (χ1) is 8.97. The maximum atomic E-state index is 11.0. The largest absolute Gasteiger partial charge is 0.328 e. The average Bonchev–Trinajstić information content (AvgIpc) is 2.32. The van der Waals surface area contributed by atoms with E-state index in [1.165, 1.54) is 6.07 Å². The van der Waals surface area contributed by atoms with Crippen molar-refractivity contribution in [1.29, 1.82) is 0 Å². The van der Waals surface area contributed by atoms with E-state index in [9.17, 15) is 10.1 Å². The summed E-state index contributed by atoms with van der Waals surface area (Å²) in [5.74, 6) is 0. The van der Waals surface area contributed by atoms with E-state index in [1.54, 1.807) is 12.1 Å². The summed E-state index contributed by atoms with van der Waals surface area (Å²) in [5, 5.41) is 11.6. The molecule has 1 aromatic rings. The molecular weight excluding hydrogens is 266 g/mol. The van der Waals surface area contributed by atoms with Crippen LogP contribution in [-0.2, 0) is 6.54 Å². The number of benzene rings is 1. The van der Waals surface area contributed by atoms with Crippen LogP contribution in [0, 0.1) is 10.1 Å². The molecule has 104 valence electrons. The van der Waals surface area contributed by atoms with E-state index in [-0.39, 0.29) is 16.7 Å². The van der Waals surface area contributed by atoms with Crippen LogP contribution in [0.5, 0.6) is 0 Å². The maximum absolute atomic E-state index is 11.0. The second kappa shape index (κ2) is 5.86. The highest BCUT2D eigenvalue weighted by molar-refractivity contribution is 6.30. The zero-order valence-electron chi connectivity index (χ0n) is 10.9. The highest BCUT2D eigenvalue weighted by atomic mass is 35.5. The van der Waals surface area contributed by atoms with Gasteiger partial charge in [0.25, 0.3) is 5.69 Å². The number of nitro groups is 1.